The first-order valence-corrected chi connectivity index (χ1v) is 12.7. The molecule has 0 bridgehead atoms. The molecule has 0 amide bonds. The van der Waals surface area contributed by atoms with Crippen LogP contribution in [0.2, 0.25) is 0 Å². The summed E-state index contributed by atoms with van der Waals surface area (Å²) in [6, 6.07) is 0.591. The molecule has 2 rings (SSSR count). The van der Waals surface area contributed by atoms with Crippen molar-refractivity contribution in [3.8, 4) is 0 Å². The third kappa shape index (κ3) is 10.5. The van der Waals surface area contributed by atoms with Crippen molar-refractivity contribution in [2.75, 3.05) is 31.1 Å². The quantitative estimate of drug-likeness (QED) is 0.361. The van der Waals surface area contributed by atoms with Crippen LogP contribution in [0.4, 0.5) is 0 Å². The first-order chi connectivity index (χ1) is 13.1. The molecule has 1 heterocycles. The fourth-order valence-electron chi connectivity index (χ4n) is 3.64. The molecule has 0 aromatic rings. The van der Waals surface area contributed by atoms with Crippen LogP contribution < -0.4 is 5.10 Å². The summed E-state index contributed by atoms with van der Waals surface area (Å²) in [4.78, 5) is 0. The number of hydrazone groups is 1. The van der Waals surface area contributed by atoms with Gasteiger partial charge in [0.05, 0.1) is 13.1 Å². The monoisotopic (exact) mass is 419 g/mol. The average Bonchev–Trinajstić information content (AvgIpc) is 2.93. The fraction of sp³-hybridized carbons (Fsp3) is 0.900. The SMILES string of the molecule is CCSC(O)=[N+](CC)C1CCCCC1.CCSC(O)=[NH+]N1CCCCCC1. The molecule has 5 nitrogen and oxygen atoms in total. The Labute approximate surface area is 174 Å². The molecule has 2 fully saturated rings. The third-order valence-electron chi connectivity index (χ3n) is 5.02. The summed E-state index contributed by atoms with van der Waals surface area (Å²) in [5.74, 6) is 1.86. The number of thioether (sulfide) groups is 2. The van der Waals surface area contributed by atoms with E-state index in [1.807, 2.05) is 6.92 Å². The Hall–Kier alpha value is -0.560. The summed E-state index contributed by atoms with van der Waals surface area (Å²) in [7, 11) is 0. The Morgan fingerprint density at radius 3 is 1.96 bits per heavy atom. The molecular formula is C20H41N3O2S2+2. The van der Waals surface area contributed by atoms with Crippen LogP contribution in [0.3, 0.4) is 0 Å². The lowest BCUT2D eigenvalue weighted by Crippen LogP contribution is -2.83. The van der Waals surface area contributed by atoms with Crippen molar-refractivity contribution in [1.29, 1.82) is 0 Å². The lowest BCUT2D eigenvalue weighted by Gasteiger charge is -2.19. The Morgan fingerprint density at radius 1 is 0.889 bits per heavy atom. The molecule has 0 unspecified atom stereocenters. The van der Waals surface area contributed by atoms with Gasteiger partial charge in [-0.1, -0.05) is 38.2 Å². The number of nitrogens with one attached hydrogen (secondary N) is 1. The Bertz CT molecular complexity index is 445. The number of aliphatic hydroxyl groups excluding tert-OH is 2. The fourth-order valence-corrected chi connectivity index (χ4v) is 4.81. The maximum atomic E-state index is 9.87. The Kier molecular flexibility index (Phi) is 13.9. The van der Waals surface area contributed by atoms with Gasteiger partial charge in [-0.05, 0) is 56.1 Å². The van der Waals surface area contributed by atoms with Crippen LogP contribution in [0.5, 0.6) is 0 Å². The average molecular weight is 420 g/mol. The zero-order chi connectivity index (χ0) is 19.9. The first kappa shape index (κ1) is 24.5. The minimum Gasteiger partial charge on any atom is -0.455 e. The lowest BCUT2D eigenvalue weighted by molar-refractivity contribution is -0.648. The maximum absolute atomic E-state index is 9.87. The van der Waals surface area contributed by atoms with Crippen molar-refractivity contribution in [3.05, 3.63) is 0 Å². The number of hydrazine groups is 1. The minimum atomic E-state index is 0.337. The van der Waals surface area contributed by atoms with Gasteiger partial charge in [0.25, 0.3) is 0 Å². The molecule has 0 spiro atoms. The van der Waals surface area contributed by atoms with E-state index in [2.05, 4.69) is 28.5 Å². The van der Waals surface area contributed by atoms with Gasteiger partial charge in [-0.2, -0.15) is 9.58 Å². The maximum Gasteiger partial charge on any atom is 0.424 e. The summed E-state index contributed by atoms with van der Waals surface area (Å²) in [5.41, 5.74) is 0. The van der Waals surface area contributed by atoms with E-state index in [-0.39, 0.29) is 0 Å². The van der Waals surface area contributed by atoms with Gasteiger partial charge in [-0.3, -0.25) is 0 Å². The van der Waals surface area contributed by atoms with Gasteiger partial charge in [-0.25, -0.2) is 0 Å². The van der Waals surface area contributed by atoms with Crippen molar-refractivity contribution in [2.24, 2.45) is 0 Å². The van der Waals surface area contributed by atoms with Crippen LogP contribution in [0.1, 0.15) is 78.6 Å². The van der Waals surface area contributed by atoms with Crippen LogP contribution in [-0.2, 0) is 0 Å². The lowest BCUT2D eigenvalue weighted by atomic mass is 9.95. The summed E-state index contributed by atoms with van der Waals surface area (Å²) >= 11 is 3.01. The molecule has 7 heteroatoms. The van der Waals surface area contributed by atoms with E-state index >= 15 is 0 Å². The number of nitrogens with zero attached hydrogens (tertiary/aromatic N) is 2. The predicted molar refractivity (Wildman–Crippen MR) is 120 cm³/mol. The van der Waals surface area contributed by atoms with Crippen LogP contribution in [0.15, 0.2) is 0 Å². The van der Waals surface area contributed by atoms with Crippen LogP contribution in [0, 0.1) is 0 Å². The van der Waals surface area contributed by atoms with E-state index in [4.69, 9.17) is 0 Å². The molecule has 1 aliphatic carbocycles. The molecule has 0 aromatic heterocycles. The van der Waals surface area contributed by atoms with Gasteiger partial charge >= 0.3 is 10.5 Å². The van der Waals surface area contributed by atoms with E-state index < -0.39 is 0 Å². The largest absolute Gasteiger partial charge is 0.455 e. The summed E-state index contributed by atoms with van der Waals surface area (Å²) in [6.07, 6.45) is 11.6. The summed E-state index contributed by atoms with van der Waals surface area (Å²) in [5, 5.41) is 25.3. The van der Waals surface area contributed by atoms with Crippen molar-refractivity contribution >= 4 is 34.0 Å². The molecule has 27 heavy (non-hydrogen) atoms. The molecule has 1 saturated heterocycles. The van der Waals surface area contributed by atoms with Crippen LogP contribution >= 0.6 is 23.5 Å². The Morgan fingerprint density at radius 2 is 1.44 bits per heavy atom. The zero-order valence-corrected chi connectivity index (χ0v) is 19.2. The highest BCUT2D eigenvalue weighted by Gasteiger charge is 2.25. The normalized spacial score (nSPS) is 20.4. The molecule has 3 N–H and O–H groups in total. The second kappa shape index (κ2) is 15.4. The third-order valence-corrected chi connectivity index (χ3v) is 6.45. The van der Waals surface area contributed by atoms with Crippen LogP contribution in [-0.4, -0.2) is 67.4 Å². The molecule has 158 valence electrons. The van der Waals surface area contributed by atoms with Crippen molar-refractivity contribution in [1.82, 2.24) is 5.01 Å². The van der Waals surface area contributed by atoms with Crippen molar-refractivity contribution in [2.45, 2.75) is 84.6 Å². The van der Waals surface area contributed by atoms with Gasteiger partial charge in [0.2, 0.25) is 0 Å². The summed E-state index contributed by atoms with van der Waals surface area (Å²) in [6.45, 7) is 9.27. The van der Waals surface area contributed by atoms with E-state index in [0.29, 0.717) is 16.5 Å². The molecule has 2 aliphatic rings. The van der Waals surface area contributed by atoms with E-state index in [0.717, 1.165) is 31.1 Å². The second-order valence-electron chi connectivity index (χ2n) is 7.04. The highest BCUT2D eigenvalue weighted by Crippen LogP contribution is 2.21. The van der Waals surface area contributed by atoms with Gasteiger partial charge in [0.1, 0.15) is 6.54 Å². The highest BCUT2D eigenvalue weighted by molar-refractivity contribution is 8.13. The van der Waals surface area contributed by atoms with Gasteiger partial charge in [-0.15, -0.1) is 0 Å². The molecule has 1 aliphatic heterocycles. The number of rotatable bonds is 5. The van der Waals surface area contributed by atoms with Gasteiger partial charge < -0.3 is 10.2 Å². The van der Waals surface area contributed by atoms with E-state index in [1.54, 1.807) is 11.8 Å². The zero-order valence-electron chi connectivity index (χ0n) is 17.6. The minimum absolute atomic E-state index is 0.337. The van der Waals surface area contributed by atoms with Crippen molar-refractivity contribution in [3.63, 3.8) is 0 Å². The van der Waals surface area contributed by atoms with Gasteiger partial charge in [0, 0.05) is 24.3 Å². The number of aliphatic hydroxyl groups is 2. The Balaban J connectivity index is 0.000000271. The topological polar surface area (TPSA) is 60.7 Å². The van der Waals surface area contributed by atoms with Crippen LogP contribution in [0.25, 0.3) is 0 Å². The molecule has 0 radical (unpaired) electrons. The summed E-state index contributed by atoms with van der Waals surface area (Å²) < 4.78 is 2.17. The molecule has 0 aromatic carbocycles. The first-order valence-electron chi connectivity index (χ1n) is 10.8. The van der Waals surface area contributed by atoms with Crippen molar-refractivity contribution < 1.29 is 19.9 Å². The predicted octanol–water partition coefficient (Wildman–Crippen LogP) is 3.54. The smallest absolute Gasteiger partial charge is 0.424 e. The molecular weight excluding hydrogens is 378 g/mol. The van der Waals surface area contributed by atoms with E-state index in [1.165, 1.54) is 69.5 Å². The van der Waals surface area contributed by atoms with Gasteiger partial charge in [0.15, 0.2) is 6.04 Å². The molecule has 1 saturated carbocycles. The standard InChI is InChI=1S/C11H21NOS.C9H18N2OS/c1-3-12(11(13)14-4-2)10-8-6-5-7-9-10;1-2-13-9(12)10-11-7-5-3-4-6-8-11/h10H,3-9H2,1-2H3;2-8H2,1H3,(H,10,12)/p+2. The highest BCUT2D eigenvalue weighted by atomic mass is 32.2. The number of hydrogen-bond donors (Lipinski definition) is 3. The molecule has 0 atom stereocenters. The number of hydrogen-bond acceptors (Lipinski definition) is 3. The van der Waals surface area contributed by atoms with E-state index in [9.17, 15) is 10.2 Å². The second-order valence-corrected chi connectivity index (χ2v) is 9.53.